The van der Waals surface area contributed by atoms with Crippen molar-refractivity contribution in [3.63, 3.8) is 0 Å². The average molecular weight is 407 g/mol. The zero-order chi connectivity index (χ0) is 21.5. The first kappa shape index (κ1) is 20.5. The number of pyridine rings is 1. The van der Waals surface area contributed by atoms with Crippen LogP contribution in [0.25, 0.3) is 0 Å². The molecular weight excluding hydrogens is 376 g/mol. The van der Waals surface area contributed by atoms with E-state index in [4.69, 9.17) is 9.40 Å². The first-order chi connectivity index (χ1) is 14.3. The van der Waals surface area contributed by atoms with Crippen molar-refractivity contribution in [2.45, 2.75) is 52.9 Å². The van der Waals surface area contributed by atoms with Gasteiger partial charge in [0.05, 0.1) is 11.8 Å². The first-order valence-electron chi connectivity index (χ1n) is 10.8. The normalized spacial score (nSPS) is 18.3. The highest BCUT2D eigenvalue weighted by atomic mass is 16.3. The van der Waals surface area contributed by atoms with Crippen LogP contribution in [0, 0.1) is 16.7 Å². The van der Waals surface area contributed by atoms with Crippen LogP contribution in [0.2, 0.25) is 0 Å². The molecule has 0 aromatic carbocycles. The molecule has 4 rings (SSSR count). The fraction of sp³-hybridized carbons (Fsp3) is 0.542. The van der Waals surface area contributed by atoms with Crippen LogP contribution in [0.5, 0.6) is 0 Å². The predicted molar refractivity (Wildman–Crippen MR) is 116 cm³/mol. The summed E-state index contributed by atoms with van der Waals surface area (Å²) >= 11 is 0. The fourth-order valence-electron chi connectivity index (χ4n) is 4.68. The maximum absolute atomic E-state index is 12.6. The lowest BCUT2D eigenvalue weighted by Gasteiger charge is -2.38. The lowest BCUT2D eigenvalue weighted by atomic mass is 9.72. The number of carbonyl (C=O) groups is 1. The lowest BCUT2D eigenvalue weighted by Crippen LogP contribution is -2.49. The summed E-state index contributed by atoms with van der Waals surface area (Å²) in [4.78, 5) is 21.6. The second-order valence-electron chi connectivity index (χ2n) is 9.52. The van der Waals surface area contributed by atoms with Gasteiger partial charge in [0.1, 0.15) is 11.9 Å². The maximum Gasteiger partial charge on any atom is 0.289 e. The SMILES string of the molecule is CC(C)c1nc(N2CCN(C(=O)c3ccco3)CC2)c(C#N)c2c1CC(C)(C)CC2. The zero-order valence-corrected chi connectivity index (χ0v) is 18.4. The number of hydrogen-bond acceptors (Lipinski definition) is 5. The molecule has 0 atom stereocenters. The van der Waals surface area contributed by atoms with E-state index in [-0.39, 0.29) is 11.3 Å². The Bertz CT molecular complexity index is 978. The Morgan fingerprint density at radius 1 is 1.23 bits per heavy atom. The van der Waals surface area contributed by atoms with Crippen molar-refractivity contribution < 1.29 is 9.21 Å². The molecule has 30 heavy (non-hydrogen) atoms. The van der Waals surface area contributed by atoms with Crippen LogP contribution < -0.4 is 4.90 Å². The van der Waals surface area contributed by atoms with Gasteiger partial charge in [-0.2, -0.15) is 5.26 Å². The molecule has 0 bridgehead atoms. The van der Waals surface area contributed by atoms with Gasteiger partial charge in [0, 0.05) is 31.9 Å². The quantitative estimate of drug-likeness (QED) is 0.766. The van der Waals surface area contributed by atoms with Crippen molar-refractivity contribution in [2.75, 3.05) is 31.1 Å². The fourth-order valence-corrected chi connectivity index (χ4v) is 4.68. The molecule has 0 radical (unpaired) electrons. The van der Waals surface area contributed by atoms with Gasteiger partial charge in [0.25, 0.3) is 5.91 Å². The molecule has 2 aromatic rings. The molecule has 0 saturated carbocycles. The molecule has 1 fully saturated rings. The molecule has 6 heteroatoms. The van der Waals surface area contributed by atoms with Gasteiger partial charge in [-0.05, 0) is 53.9 Å². The number of nitriles is 1. The summed E-state index contributed by atoms with van der Waals surface area (Å²) in [5, 5.41) is 10.0. The number of carbonyl (C=O) groups excluding carboxylic acids is 1. The molecule has 0 unspecified atom stereocenters. The predicted octanol–water partition coefficient (Wildman–Crippen LogP) is 4.15. The van der Waals surface area contributed by atoms with E-state index in [0.717, 1.165) is 36.3 Å². The summed E-state index contributed by atoms with van der Waals surface area (Å²) in [5.41, 5.74) is 4.58. The molecule has 3 heterocycles. The molecule has 0 N–H and O–H groups in total. The van der Waals surface area contributed by atoms with Crippen LogP contribution in [0.15, 0.2) is 22.8 Å². The highest BCUT2D eigenvalue weighted by molar-refractivity contribution is 5.91. The number of rotatable bonds is 3. The Balaban J connectivity index is 1.63. The minimum Gasteiger partial charge on any atom is -0.459 e. The van der Waals surface area contributed by atoms with E-state index in [1.165, 1.54) is 17.4 Å². The smallest absolute Gasteiger partial charge is 0.289 e. The second-order valence-corrected chi connectivity index (χ2v) is 9.52. The number of hydrogen-bond donors (Lipinski definition) is 0. The van der Waals surface area contributed by atoms with Crippen molar-refractivity contribution in [3.05, 3.63) is 46.5 Å². The third-order valence-electron chi connectivity index (χ3n) is 6.39. The van der Waals surface area contributed by atoms with Crippen molar-refractivity contribution in [2.24, 2.45) is 5.41 Å². The van der Waals surface area contributed by atoms with Gasteiger partial charge >= 0.3 is 0 Å². The summed E-state index contributed by atoms with van der Waals surface area (Å²) in [7, 11) is 0. The highest BCUT2D eigenvalue weighted by Crippen LogP contribution is 2.41. The molecule has 158 valence electrons. The van der Waals surface area contributed by atoms with E-state index < -0.39 is 0 Å². The van der Waals surface area contributed by atoms with E-state index >= 15 is 0 Å². The van der Waals surface area contributed by atoms with Crippen LogP contribution in [0.1, 0.15) is 73.0 Å². The molecule has 2 aromatic heterocycles. The number of furan rings is 1. The minimum absolute atomic E-state index is 0.0799. The number of amides is 1. The summed E-state index contributed by atoms with van der Waals surface area (Å²) in [6.45, 7) is 11.5. The molecule has 1 aliphatic heterocycles. The topological polar surface area (TPSA) is 73.4 Å². The molecule has 6 nitrogen and oxygen atoms in total. The van der Waals surface area contributed by atoms with Crippen LogP contribution in [0.3, 0.4) is 0 Å². The zero-order valence-electron chi connectivity index (χ0n) is 18.4. The molecule has 2 aliphatic rings. The van der Waals surface area contributed by atoms with E-state index in [1.807, 2.05) is 4.90 Å². The van der Waals surface area contributed by atoms with Gasteiger partial charge in [0.15, 0.2) is 5.76 Å². The van der Waals surface area contributed by atoms with E-state index in [2.05, 4.69) is 38.7 Å². The minimum atomic E-state index is -0.0799. The van der Waals surface area contributed by atoms with Crippen molar-refractivity contribution in [1.29, 1.82) is 5.26 Å². The van der Waals surface area contributed by atoms with Crippen LogP contribution >= 0.6 is 0 Å². The monoisotopic (exact) mass is 406 g/mol. The Hall–Kier alpha value is -2.81. The molecular formula is C24H30N4O2. The molecule has 1 amide bonds. The Morgan fingerprint density at radius 3 is 2.57 bits per heavy atom. The number of piperazine rings is 1. The van der Waals surface area contributed by atoms with Gasteiger partial charge in [-0.25, -0.2) is 4.98 Å². The lowest BCUT2D eigenvalue weighted by molar-refractivity contribution is 0.0714. The van der Waals surface area contributed by atoms with Gasteiger partial charge in [-0.1, -0.05) is 27.7 Å². The van der Waals surface area contributed by atoms with E-state index in [0.29, 0.717) is 37.9 Å². The number of aromatic nitrogens is 1. The standard InChI is InChI=1S/C24H30N4O2/c1-16(2)21-18-14-24(3,4)8-7-17(18)19(15-25)22(26-21)27-9-11-28(12-10-27)23(29)20-6-5-13-30-20/h5-6,13,16H,7-12,14H2,1-4H3. The van der Waals surface area contributed by atoms with Gasteiger partial charge in [-0.15, -0.1) is 0 Å². The van der Waals surface area contributed by atoms with Crippen molar-refractivity contribution in [3.8, 4) is 6.07 Å². The average Bonchev–Trinajstić information content (AvgIpc) is 3.26. The third kappa shape index (κ3) is 3.69. The molecule has 1 aliphatic carbocycles. The molecule has 1 saturated heterocycles. The second kappa shape index (κ2) is 7.79. The van der Waals surface area contributed by atoms with Crippen molar-refractivity contribution in [1.82, 2.24) is 9.88 Å². The number of nitrogens with zero attached hydrogens (tertiary/aromatic N) is 4. The molecule has 0 spiro atoms. The summed E-state index contributed by atoms with van der Waals surface area (Å²) in [6, 6.07) is 5.90. The van der Waals surface area contributed by atoms with Crippen LogP contribution in [-0.2, 0) is 12.8 Å². The van der Waals surface area contributed by atoms with Crippen LogP contribution in [0.4, 0.5) is 5.82 Å². The van der Waals surface area contributed by atoms with E-state index in [1.54, 1.807) is 12.1 Å². The number of fused-ring (bicyclic) bond motifs is 1. The Labute approximate surface area is 178 Å². The Kier molecular flexibility index (Phi) is 5.31. The van der Waals surface area contributed by atoms with Crippen LogP contribution in [-0.4, -0.2) is 42.0 Å². The van der Waals surface area contributed by atoms with E-state index in [9.17, 15) is 10.1 Å². The van der Waals surface area contributed by atoms with Gasteiger partial charge in [-0.3, -0.25) is 4.79 Å². The number of anilines is 1. The Morgan fingerprint density at radius 2 is 1.97 bits per heavy atom. The largest absolute Gasteiger partial charge is 0.459 e. The first-order valence-corrected chi connectivity index (χ1v) is 10.8. The van der Waals surface area contributed by atoms with Gasteiger partial charge < -0.3 is 14.2 Å². The highest BCUT2D eigenvalue weighted by Gasteiger charge is 2.33. The van der Waals surface area contributed by atoms with Crippen molar-refractivity contribution >= 4 is 11.7 Å². The third-order valence-corrected chi connectivity index (χ3v) is 6.39. The van der Waals surface area contributed by atoms with Gasteiger partial charge in [0.2, 0.25) is 0 Å². The summed E-state index contributed by atoms with van der Waals surface area (Å²) in [5.74, 6) is 1.40. The summed E-state index contributed by atoms with van der Waals surface area (Å²) in [6.07, 6.45) is 4.51. The maximum atomic E-state index is 12.6. The summed E-state index contributed by atoms with van der Waals surface area (Å²) < 4.78 is 5.26.